The van der Waals surface area contributed by atoms with Gasteiger partial charge in [-0.3, -0.25) is 0 Å². The molecule has 0 saturated carbocycles. The van der Waals surface area contributed by atoms with Crippen LogP contribution in [0, 0.1) is 13.8 Å². The number of carbonyl (C=O) groups excluding carboxylic acids is 2. The van der Waals surface area contributed by atoms with Gasteiger partial charge in [0, 0.05) is 35.5 Å². The van der Waals surface area contributed by atoms with E-state index in [9.17, 15) is 9.59 Å². The Kier molecular flexibility index (Phi) is 7.82. The van der Waals surface area contributed by atoms with Crippen LogP contribution in [-0.4, -0.2) is 24.2 Å². The van der Waals surface area contributed by atoms with Crippen molar-refractivity contribution in [1.29, 1.82) is 0 Å². The minimum atomic E-state index is -0.314. The molecular weight excluding hydrogens is 436 g/mol. The van der Waals surface area contributed by atoms with Crippen LogP contribution in [0.1, 0.15) is 11.1 Å². The maximum absolute atomic E-state index is 12.2. The maximum Gasteiger partial charge on any atom is 0.323 e. The summed E-state index contributed by atoms with van der Waals surface area (Å²) >= 11 is 5.35. The molecule has 3 aromatic carbocycles. The lowest BCUT2D eigenvalue weighted by molar-refractivity contribution is 0.254. The highest BCUT2D eigenvalue weighted by atomic mass is 32.1. The molecule has 0 heterocycles. The molecule has 3 aromatic rings. The predicted molar refractivity (Wildman–Crippen MR) is 139 cm³/mol. The van der Waals surface area contributed by atoms with Crippen molar-refractivity contribution < 1.29 is 9.59 Å². The van der Waals surface area contributed by atoms with E-state index in [1.165, 1.54) is 5.56 Å². The van der Waals surface area contributed by atoms with Gasteiger partial charge in [-0.05, 0) is 97.9 Å². The van der Waals surface area contributed by atoms with Gasteiger partial charge in [-0.1, -0.05) is 6.07 Å². The lowest BCUT2D eigenvalue weighted by atomic mass is 10.1. The van der Waals surface area contributed by atoms with Crippen molar-refractivity contribution in [2.45, 2.75) is 13.8 Å². The lowest BCUT2D eigenvalue weighted by Crippen LogP contribution is -2.24. The smallest absolute Gasteiger partial charge is 0.323 e. The molecule has 0 spiro atoms. The van der Waals surface area contributed by atoms with E-state index in [-0.39, 0.29) is 12.1 Å². The molecule has 0 unspecified atom stereocenters. The third-order valence-electron chi connectivity index (χ3n) is 4.79. The second kappa shape index (κ2) is 11.0. The van der Waals surface area contributed by atoms with Crippen LogP contribution < -0.4 is 31.9 Å². The first-order valence-electron chi connectivity index (χ1n) is 10.2. The third-order valence-corrected chi connectivity index (χ3v) is 5.00. The highest BCUT2D eigenvalue weighted by Crippen LogP contribution is 2.18. The second-order valence-corrected chi connectivity index (χ2v) is 7.72. The van der Waals surface area contributed by atoms with Gasteiger partial charge in [0.1, 0.15) is 0 Å². The Morgan fingerprint density at radius 1 is 0.576 bits per heavy atom. The van der Waals surface area contributed by atoms with Crippen LogP contribution in [-0.2, 0) is 0 Å². The third kappa shape index (κ3) is 7.22. The summed E-state index contributed by atoms with van der Waals surface area (Å²) < 4.78 is 0. The SMILES string of the molecule is CNC(=O)Nc1ccc(NC(=S)Nc2ccc(NC(=O)Nc3ccc(C)c(C)c3)cc2)cc1. The van der Waals surface area contributed by atoms with E-state index < -0.39 is 0 Å². The molecule has 0 aromatic heterocycles. The molecule has 0 radical (unpaired) electrons. The Bertz CT molecular complexity index is 1150. The average molecular weight is 463 g/mol. The van der Waals surface area contributed by atoms with Crippen molar-refractivity contribution in [3.05, 3.63) is 77.9 Å². The molecule has 3 rings (SSSR count). The zero-order chi connectivity index (χ0) is 23.8. The van der Waals surface area contributed by atoms with Gasteiger partial charge in [0.2, 0.25) is 0 Å². The lowest BCUT2D eigenvalue weighted by Gasteiger charge is -2.12. The maximum atomic E-state index is 12.2. The fraction of sp³-hybridized carbons (Fsp3) is 0.125. The number of thiocarbonyl (C=S) groups is 1. The van der Waals surface area contributed by atoms with Gasteiger partial charge in [-0.15, -0.1) is 0 Å². The number of nitrogens with one attached hydrogen (secondary N) is 6. The molecule has 33 heavy (non-hydrogen) atoms. The molecule has 0 aliphatic rings. The molecule has 8 nitrogen and oxygen atoms in total. The van der Waals surface area contributed by atoms with Gasteiger partial charge >= 0.3 is 12.1 Å². The summed E-state index contributed by atoms with van der Waals surface area (Å²) in [5, 5.41) is 17.4. The molecule has 4 amide bonds. The Labute approximate surface area is 198 Å². The minimum Gasteiger partial charge on any atom is -0.341 e. The number of urea groups is 2. The summed E-state index contributed by atoms with van der Waals surface area (Å²) in [6, 6.07) is 19.5. The van der Waals surface area contributed by atoms with Gasteiger partial charge in [-0.2, -0.15) is 0 Å². The van der Waals surface area contributed by atoms with Crippen LogP contribution >= 0.6 is 12.2 Å². The molecule has 0 bridgehead atoms. The van der Waals surface area contributed by atoms with E-state index >= 15 is 0 Å². The van der Waals surface area contributed by atoms with E-state index in [1.54, 1.807) is 43.4 Å². The Balaban J connectivity index is 1.49. The van der Waals surface area contributed by atoms with Crippen molar-refractivity contribution in [3.63, 3.8) is 0 Å². The first-order valence-corrected chi connectivity index (χ1v) is 10.7. The molecule has 170 valence electrons. The second-order valence-electron chi connectivity index (χ2n) is 7.32. The number of amides is 4. The quantitative estimate of drug-likeness (QED) is 0.281. The molecule has 0 aliphatic carbocycles. The number of hydrogen-bond acceptors (Lipinski definition) is 3. The van der Waals surface area contributed by atoms with E-state index in [1.807, 2.05) is 44.2 Å². The Morgan fingerprint density at radius 2 is 0.970 bits per heavy atom. The number of rotatable bonds is 5. The topological polar surface area (TPSA) is 106 Å². The number of aryl methyl sites for hydroxylation is 2. The van der Waals surface area contributed by atoms with Crippen LogP contribution in [0.4, 0.5) is 38.0 Å². The number of carbonyl (C=O) groups is 2. The highest BCUT2D eigenvalue weighted by Gasteiger charge is 2.05. The molecular formula is C24H26N6O2S. The van der Waals surface area contributed by atoms with Crippen LogP contribution in [0.3, 0.4) is 0 Å². The van der Waals surface area contributed by atoms with Gasteiger partial charge in [0.25, 0.3) is 0 Å². The number of hydrogen-bond donors (Lipinski definition) is 6. The standard InChI is InChI=1S/C24H26N6O2S/c1-15-4-5-21(14-16(15)2)28-23(32)27-18-8-12-20(13-9-18)30-24(33)29-19-10-6-17(7-11-19)26-22(31)25-3/h4-14H,1-3H3,(H2,25,26,31)(H2,27,28,32)(H2,29,30,33). The molecule has 9 heteroatoms. The molecule has 0 fully saturated rings. The van der Waals surface area contributed by atoms with Gasteiger partial charge in [0.05, 0.1) is 0 Å². The summed E-state index contributed by atoms with van der Waals surface area (Å²) in [7, 11) is 1.55. The number of anilines is 5. The van der Waals surface area contributed by atoms with Gasteiger partial charge in [0.15, 0.2) is 5.11 Å². The Morgan fingerprint density at radius 3 is 1.42 bits per heavy atom. The average Bonchev–Trinajstić information content (AvgIpc) is 2.79. The summed E-state index contributed by atoms with van der Waals surface area (Å²) in [4.78, 5) is 23.6. The summed E-state index contributed by atoms with van der Waals surface area (Å²) in [6.07, 6.45) is 0. The van der Waals surface area contributed by atoms with Crippen molar-refractivity contribution in [1.82, 2.24) is 5.32 Å². The normalized spacial score (nSPS) is 10.0. The van der Waals surface area contributed by atoms with Crippen molar-refractivity contribution in [2.24, 2.45) is 0 Å². The largest absolute Gasteiger partial charge is 0.341 e. The van der Waals surface area contributed by atoms with E-state index in [0.717, 1.165) is 22.6 Å². The van der Waals surface area contributed by atoms with Crippen LogP contribution in [0.25, 0.3) is 0 Å². The molecule has 0 aliphatic heterocycles. The van der Waals surface area contributed by atoms with Crippen molar-refractivity contribution >= 4 is 57.8 Å². The van der Waals surface area contributed by atoms with Crippen LogP contribution in [0.15, 0.2) is 66.7 Å². The van der Waals surface area contributed by atoms with Gasteiger partial charge in [-0.25, -0.2) is 9.59 Å². The molecule has 0 saturated heterocycles. The van der Waals surface area contributed by atoms with Crippen molar-refractivity contribution in [2.75, 3.05) is 33.6 Å². The first-order chi connectivity index (χ1) is 15.8. The van der Waals surface area contributed by atoms with Crippen LogP contribution in [0.5, 0.6) is 0 Å². The zero-order valence-corrected chi connectivity index (χ0v) is 19.4. The summed E-state index contributed by atoms with van der Waals surface area (Å²) in [5.41, 5.74) is 5.89. The molecule has 6 N–H and O–H groups in total. The fourth-order valence-electron chi connectivity index (χ4n) is 2.87. The highest BCUT2D eigenvalue weighted by molar-refractivity contribution is 7.80. The summed E-state index contributed by atoms with van der Waals surface area (Å²) in [5.74, 6) is 0. The fourth-order valence-corrected chi connectivity index (χ4v) is 3.11. The monoisotopic (exact) mass is 462 g/mol. The number of benzene rings is 3. The Hall–Kier alpha value is -4.11. The van der Waals surface area contributed by atoms with E-state index in [4.69, 9.17) is 12.2 Å². The molecule has 0 atom stereocenters. The van der Waals surface area contributed by atoms with E-state index in [2.05, 4.69) is 31.9 Å². The zero-order valence-electron chi connectivity index (χ0n) is 18.6. The van der Waals surface area contributed by atoms with Crippen LogP contribution in [0.2, 0.25) is 0 Å². The predicted octanol–water partition coefficient (Wildman–Crippen LogP) is 5.51. The first kappa shape index (κ1) is 23.6. The minimum absolute atomic E-state index is 0.284. The van der Waals surface area contributed by atoms with Crippen molar-refractivity contribution in [3.8, 4) is 0 Å². The van der Waals surface area contributed by atoms with Gasteiger partial charge < -0.3 is 31.9 Å². The van der Waals surface area contributed by atoms with E-state index in [0.29, 0.717) is 16.5 Å². The summed E-state index contributed by atoms with van der Waals surface area (Å²) in [6.45, 7) is 4.03.